The van der Waals surface area contributed by atoms with E-state index in [0.717, 1.165) is 0 Å². The Kier molecular flexibility index (Phi) is 4.27. The normalized spacial score (nSPS) is 10.5. The first-order valence-electron chi connectivity index (χ1n) is 5.76. The Balaban J connectivity index is 2.12. The van der Waals surface area contributed by atoms with Gasteiger partial charge in [0.15, 0.2) is 0 Å². The Morgan fingerprint density at radius 3 is 2.32 bits per heavy atom. The fraction of sp³-hybridized carbons (Fsp3) is 0.133. The highest BCUT2D eigenvalue weighted by Crippen LogP contribution is 2.20. The molecule has 0 amide bonds. The average Bonchev–Trinajstić information content (AvgIpc) is 2.37. The summed E-state index contributed by atoms with van der Waals surface area (Å²) < 4.78 is 26.9. The Hall–Kier alpha value is -1.74. The van der Waals surface area contributed by atoms with Crippen molar-refractivity contribution in [3.05, 3.63) is 70.2 Å². The van der Waals surface area contributed by atoms with Gasteiger partial charge in [0, 0.05) is 23.4 Å². The number of carbonyl (C=O) groups excluding carboxylic acids is 1. The van der Waals surface area contributed by atoms with Gasteiger partial charge in [0.05, 0.1) is 0 Å². The van der Waals surface area contributed by atoms with Crippen LogP contribution in [0.1, 0.15) is 11.1 Å². The van der Waals surface area contributed by atoms with Gasteiger partial charge in [0.2, 0.25) is 0 Å². The lowest BCUT2D eigenvalue weighted by molar-refractivity contribution is -0.117. The van der Waals surface area contributed by atoms with Crippen LogP contribution < -0.4 is 0 Å². The molecule has 0 aromatic heterocycles. The number of halogens is 3. The Labute approximate surface area is 114 Å². The van der Waals surface area contributed by atoms with Crippen LogP contribution in [0.15, 0.2) is 42.5 Å². The molecular weight excluding hydrogens is 270 g/mol. The maximum Gasteiger partial charge on any atom is 0.141 e. The highest BCUT2D eigenvalue weighted by atomic mass is 35.5. The Morgan fingerprint density at radius 2 is 1.63 bits per heavy atom. The molecule has 1 nitrogen and oxygen atoms in total. The van der Waals surface area contributed by atoms with E-state index in [4.69, 9.17) is 11.6 Å². The predicted octanol–water partition coefficient (Wildman–Crippen LogP) is 3.97. The van der Waals surface area contributed by atoms with Gasteiger partial charge >= 0.3 is 0 Å². The zero-order valence-electron chi connectivity index (χ0n) is 10.00. The SMILES string of the molecule is O=C(Cc1ccccc1F)Cc1c(F)cccc1Cl. The number of benzene rings is 2. The molecule has 0 saturated carbocycles. The minimum Gasteiger partial charge on any atom is -0.299 e. The zero-order valence-corrected chi connectivity index (χ0v) is 10.8. The minimum atomic E-state index is -0.519. The monoisotopic (exact) mass is 280 g/mol. The van der Waals surface area contributed by atoms with Gasteiger partial charge in [-0.1, -0.05) is 35.9 Å². The number of hydrogen-bond acceptors (Lipinski definition) is 1. The van der Waals surface area contributed by atoms with Crippen LogP contribution in [-0.4, -0.2) is 5.78 Å². The van der Waals surface area contributed by atoms with Crippen molar-refractivity contribution in [2.45, 2.75) is 12.8 Å². The summed E-state index contributed by atoms with van der Waals surface area (Å²) in [4.78, 5) is 11.8. The summed E-state index contributed by atoms with van der Waals surface area (Å²) in [5.41, 5.74) is 0.463. The standard InChI is InChI=1S/C15H11ClF2O/c16-13-5-3-7-15(18)12(13)9-11(19)8-10-4-1-2-6-14(10)17/h1-7H,8-9H2. The fourth-order valence-corrected chi connectivity index (χ4v) is 2.04. The molecule has 0 bridgehead atoms. The van der Waals surface area contributed by atoms with Crippen molar-refractivity contribution in [2.24, 2.45) is 0 Å². The van der Waals surface area contributed by atoms with E-state index in [1.807, 2.05) is 0 Å². The van der Waals surface area contributed by atoms with Crippen molar-refractivity contribution in [3.63, 3.8) is 0 Å². The predicted molar refractivity (Wildman–Crippen MR) is 70.2 cm³/mol. The number of Topliss-reactive ketones (excluding diaryl/α,β-unsaturated/α-hetero) is 1. The number of carbonyl (C=O) groups is 1. The molecule has 0 fully saturated rings. The first-order chi connectivity index (χ1) is 9.08. The molecule has 0 aliphatic rings. The molecule has 0 saturated heterocycles. The highest BCUT2D eigenvalue weighted by Gasteiger charge is 2.13. The highest BCUT2D eigenvalue weighted by molar-refractivity contribution is 6.31. The second-order valence-electron chi connectivity index (χ2n) is 4.18. The van der Waals surface area contributed by atoms with E-state index in [1.54, 1.807) is 12.1 Å². The summed E-state index contributed by atoms with van der Waals surface area (Å²) >= 11 is 5.84. The molecule has 0 N–H and O–H groups in total. The molecule has 19 heavy (non-hydrogen) atoms. The van der Waals surface area contributed by atoms with E-state index < -0.39 is 11.6 Å². The van der Waals surface area contributed by atoms with E-state index in [-0.39, 0.29) is 29.2 Å². The Morgan fingerprint density at radius 1 is 0.947 bits per heavy atom. The number of ketones is 1. The lowest BCUT2D eigenvalue weighted by atomic mass is 10.0. The van der Waals surface area contributed by atoms with Gasteiger partial charge in [-0.2, -0.15) is 0 Å². The van der Waals surface area contributed by atoms with Crippen LogP contribution in [0.3, 0.4) is 0 Å². The molecular formula is C15H11ClF2O. The van der Waals surface area contributed by atoms with Gasteiger partial charge in [-0.15, -0.1) is 0 Å². The van der Waals surface area contributed by atoms with Crippen molar-refractivity contribution in [1.29, 1.82) is 0 Å². The van der Waals surface area contributed by atoms with Crippen LogP contribution in [0.5, 0.6) is 0 Å². The largest absolute Gasteiger partial charge is 0.299 e. The van der Waals surface area contributed by atoms with Gasteiger partial charge in [-0.05, 0) is 23.8 Å². The molecule has 0 aliphatic heterocycles. The minimum absolute atomic E-state index is 0.0721. The van der Waals surface area contributed by atoms with Gasteiger partial charge in [-0.25, -0.2) is 8.78 Å². The third kappa shape index (κ3) is 3.38. The van der Waals surface area contributed by atoms with Crippen molar-refractivity contribution in [1.82, 2.24) is 0 Å². The number of hydrogen-bond donors (Lipinski definition) is 0. The maximum absolute atomic E-state index is 13.5. The van der Waals surface area contributed by atoms with Crippen LogP contribution in [0.25, 0.3) is 0 Å². The molecule has 4 heteroatoms. The van der Waals surface area contributed by atoms with E-state index in [1.165, 1.54) is 30.3 Å². The molecule has 0 unspecified atom stereocenters. The van der Waals surface area contributed by atoms with Crippen molar-refractivity contribution in [2.75, 3.05) is 0 Å². The fourth-order valence-electron chi connectivity index (χ4n) is 1.82. The molecule has 0 spiro atoms. The summed E-state index contributed by atoms with van der Waals surface area (Å²) in [6.45, 7) is 0. The molecule has 0 aliphatic carbocycles. The van der Waals surface area contributed by atoms with Crippen LogP contribution in [0.2, 0.25) is 5.02 Å². The second kappa shape index (κ2) is 5.93. The van der Waals surface area contributed by atoms with Gasteiger partial charge in [-0.3, -0.25) is 4.79 Å². The molecule has 0 heterocycles. The first kappa shape index (κ1) is 13.7. The second-order valence-corrected chi connectivity index (χ2v) is 4.59. The molecule has 98 valence electrons. The van der Waals surface area contributed by atoms with Crippen LogP contribution >= 0.6 is 11.6 Å². The van der Waals surface area contributed by atoms with Gasteiger partial charge in [0.25, 0.3) is 0 Å². The van der Waals surface area contributed by atoms with E-state index in [0.29, 0.717) is 5.56 Å². The van der Waals surface area contributed by atoms with Crippen molar-refractivity contribution >= 4 is 17.4 Å². The molecule has 0 atom stereocenters. The number of rotatable bonds is 4. The van der Waals surface area contributed by atoms with E-state index >= 15 is 0 Å². The van der Waals surface area contributed by atoms with Crippen molar-refractivity contribution < 1.29 is 13.6 Å². The molecule has 2 aromatic carbocycles. The summed E-state index contributed by atoms with van der Waals surface area (Å²) in [5, 5.41) is 0.210. The van der Waals surface area contributed by atoms with Crippen LogP contribution in [0.4, 0.5) is 8.78 Å². The molecule has 2 aromatic rings. The molecule has 2 rings (SSSR count). The van der Waals surface area contributed by atoms with Gasteiger partial charge < -0.3 is 0 Å². The van der Waals surface area contributed by atoms with Gasteiger partial charge in [0.1, 0.15) is 17.4 Å². The Bertz CT molecular complexity index is 591. The third-order valence-electron chi connectivity index (χ3n) is 2.78. The summed E-state index contributed by atoms with van der Waals surface area (Å²) in [7, 11) is 0. The van der Waals surface area contributed by atoms with Crippen molar-refractivity contribution in [3.8, 4) is 0 Å². The smallest absolute Gasteiger partial charge is 0.141 e. The maximum atomic E-state index is 13.5. The molecule has 0 radical (unpaired) electrons. The van der Waals surface area contributed by atoms with E-state index in [2.05, 4.69) is 0 Å². The lowest BCUT2D eigenvalue weighted by Crippen LogP contribution is -2.09. The summed E-state index contributed by atoms with van der Waals surface area (Å²) in [5.74, 6) is -1.23. The average molecular weight is 281 g/mol. The zero-order chi connectivity index (χ0) is 13.8. The topological polar surface area (TPSA) is 17.1 Å². The lowest BCUT2D eigenvalue weighted by Gasteiger charge is -2.06. The summed E-state index contributed by atoms with van der Waals surface area (Å²) in [6, 6.07) is 10.3. The quantitative estimate of drug-likeness (QED) is 0.828. The first-order valence-corrected chi connectivity index (χ1v) is 6.13. The van der Waals surface area contributed by atoms with E-state index in [9.17, 15) is 13.6 Å². The summed E-state index contributed by atoms with van der Waals surface area (Å²) in [6.07, 6.45) is -0.211. The van der Waals surface area contributed by atoms with Crippen LogP contribution in [-0.2, 0) is 17.6 Å². The third-order valence-corrected chi connectivity index (χ3v) is 3.14. The van der Waals surface area contributed by atoms with Crippen LogP contribution in [0, 0.1) is 11.6 Å².